The van der Waals surface area contributed by atoms with Crippen LogP contribution in [0.3, 0.4) is 0 Å². The van der Waals surface area contributed by atoms with Crippen LogP contribution in [-0.4, -0.2) is 15.0 Å². The maximum atomic E-state index is 5.12. The van der Waals surface area contributed by atoms with Gasteiger partial charge in [-0.2, -0.15) is 0 Å². The number of nitrogens with zero attached hydrogens (tertiary/aromatic N) is 3. The molecule has 0 N–H and O–H groups in total. The first-order valence-electron chi connectivity index (χ1n) is 19.7. The first-order chi connectivity index (χ1) is 28.7. The average Bonchev–Trinajstić information content (AvgIpc) is 3.30. The molecule has 0 aliphatic carbocycles. The Morgan fingerprint density at radius 2 is 0.517 bits per heavy atom. The molecule has 0 aliphatic rings. The van der Waals surface area contributed by atoms with Gasteiger partial charge in [0.1, 0.15) is 0 Å². The molecule has 0 radical (unpaired) electrons. The van der Waals surface area contributed by atoms with Gasteiger partial charge in [0, 0.05) is 16.7 Å². The normalized spacial score (nSPS) is 11.4. The molecule has 1 aromatic heterocycles. The second kappa shape index (κ2) is 14.1. The van der Waals surface area contributed by atoms with Crippen molar-refractivity contribution in [1.29, 1.82) is 0 Å². The average molecular weight is 738 g/mol. The third-order valence-corrected chi connectivity index (χ3v) is 11.3. The fraction of sp³-hybridized carbons (Fsp3) is 0. The lowest BCUT2D eigenvalue weighted by molar-refractivity contribution is 1.08. The monoisotopic (exact) mass is 737 g/mol. The first kappa shape index (κ1) is 33.6. The molecule has 0 spiro atoms. The Balaban J connectivity index is 1.04. The summed E-state index contributed by atoms with van der Waals surface area (Å²) in [7, 11) is 0. The molecule has 0 aliphatic heterocycles. The van der Waals surface area contributed by atoms with E-state index in [1.807, 2.05) is 0 Å². The van der Waals surface area contributed by atoms with E-state index in [-0.39, 0.29) is 0 Å². The Morgan fingerprint density at radius 1 is 0.207 bits per heavy atom. The number of benzene rings is 10. The van der Waals surface area contributed by atoms with Gasteiger partial charge in [-0.1, -0.05) is 200 Å². The van der Waals surface area contributed by atoms with Gasteiger partial charge in [-0.05, 0) is 88.6 Å². The minimum absolute atomic E-state index is 0.636. The summed E-state index contributed by atoms with van der Waals surface area (Å²) in [5.74, 6) is 1.93. The van der Waals surface area contributed by atoms with Crippen LogP contribution in [0.5, 0.6) is 0 Å². The first-order valence-corrected chi connectivity index (χ1v) is 19.7. The summed E-state index contributed by atoms with van der Waals surface area (Å²) in [5.41, 5.74) is 10.1. The molecule has 10 aromatic carbocycles. The number of rotatable bonds is 6. The van der Waals surface area contributed by atoms with Crippen molar-refractivity contribution in [3.05, 3.63) is 212 Å². The van der Waals surface area contributed by atoms with Gasteiger partial charge < -0.3 is 0 Å². The van der Waals surface area contributed by atoms with Gasteiger partial charge in [0.25, 0.3) is 0 Å². The molecular weight excluding hydrogens is 703 g/mol. The number of aromatic nitrogens is 3. The van der Waals surface area contributed by atoms with Crippen LogP contribution in [0.25, 0.3) is 111 Å². The Labute approximate surface area is 336 Å². The summed E-state index contributed by atoms with van der Waals surface area (Å²) in [4.78, 5) is 15.3. The molecule has 0 fully saturated rings. The van der Waals surface area contributed by atoms with E-state index in [1.165, 1.54) is 60.1 Å². The molecular formula is C55H35N3. The summed E-state index contributed by atoms with van der Waals surface area (Å²) < 4.78 is 0. The standard InChI is InChI=1S/C55H35N3/c1-2-12-36(13-3-1)39-22-26-40(27-23-39)51-47-18-8-10-20-49(47)52(50-21-11-9-19-48(50)51)41-28-30-42(31-29-41)53-56-54(45-32-24-37-14-4-6-16-43(37)34-45)58-55(57-53)46-33-25-38-15-5-7-17-44(38)35-46/h1-35H. The van der Waals surface area contributed by atoms with Crippen molar-refractivity contribution in [3.8, 4) is 67.5 Å². The molecule has 11 aromatic rings. The van der Waals surface area contributed by atoms with Gasteiger partial charge in [-0.15, -0.1) is 0 Å². The second-order valence-corrected chi connectivity index (χ2v) is 14.8. The van der Waals surface area contributed by atoms with Gasteiger partial charge in [0.2, 0.25) is 0 Å². The Kier molecular flexibility index (Phi) is 8.15. The van der Waals surface area contributed by atoms with Crippen LogP contribution in [0.1, 0.15) is 0 Å². The van der Waals surface area contributed by atoms with Gasteiger partial charge in [-0.3, -0.25) is 0 Å². The lowest BCUT2D eigenvalue weighted by Gasteiger charge is -2.18. The largest absolute Gasteiger partial charge is 0.208 e. The Morgan fingerprint density at radius 3 is 0.966 bits per heavy atom. The van der Waals surface area contributed by atoms with Crippen molar-refractivity contribution < 1.29 is 0 Å². The lowest BCUT2D eigenvalue weighted by atomic mass is 9.85. The number of hydrogen-bond donors (Lipinski definition) is 0. The zero-order valence-corrected chi connectivity index (χ0v) is 31.5. The predicted molar refractivity (Wildman–Crippen MR) is 242 cm³/mol. The zero-order chi connectivity index (χ0) is 38.4. The van der Waals surface area contributed by atoms with Crippen LogP contribution in [0.4, 0.5) is 0 Å². The molecule has 0 amide bonds. The Bertz CT molecular complexity index is 3160. The fourth-order valence-corrected chi connectivity index (χ4v) is 8.42. The van der Waals surface area contributed by atoms with Crippen molar-refractivity contribution in [2.24, 2.45) is 0 Å². The van der Waals surface area contributed by atoms with Crippen LogP contribution in [0.2, 0.25) is 0 Å². The molecule has 0 saturated heterocycles. The highest BCUT2D eigenvalue weighted by Crippen LogP contribution is 2.44. The third kappa shape index (κ3) is 5.98. The molecule has 270 valence electrons. The van der Waals surface area contributed by atoms with Crippen LogP contribution in [0.15, 0.2) is 212 Å². The molecule has 3 heteroatoms. The fourth-order valence-electron chi connectivity index (χ4n) is 8.42. The van der Waals surface area contributed by atoms with E-state index in [2.05, 4.69) is 212 Å². The highest BCUT2D eigenvalue weighted by molar-refractivity contribution is 6.21. The molecule has 0 atom stereocenters. The minimum Gasteiger partial charge on any atom is -0.208 e. The van der Waals surface area contributed by atoms with E-state index >= 15 is 0 Å². The van der Waals surface area contributed by atoms with Crippen molar-refractivity contribution in [2.75, 3.05) is 0 Å². The summed E-state index contributed by atoms with van der Waals surface area (Å²) in [5, 5.41) is 9.54. The highest BCUT2D eigenvalue weighted by Gasteiger charge is 2.18. The van der Waals surface area contributed by atoms with Crippen LogP contribution >= 0.6 is 0 Å². The third-order valence-electron chi connectivity index (χ3n) is 11.3. The van der Waals surface area contributed by atoms with Crippen molar-refractivity contribution in [2.45, 2.75) is 0 Å². The summed E-state index contributed by atoms with van der Waals surface area (Å²) >= 11 is 0. The van der Waals surface area contributed by atoms with E-state index in [4.69, 9.17) is 15.0 Å². The SMILES string of the molecule is c1ccc(-c2ccc(-c3c4ccccc4c(-c4ccc(-c5nc(-c6ccc7ccccc7c6)nc(-c6ccc7ccccc7c6)n5)cc4)c4ccccc34)cc2)cc1. The highest BCUT2D eigenvalue weighted by atomic mass is 15.0. The van der Waals surface area contributed by atoms with E-state index in [0.717, 1.165) is 33.0 Å². The topological polar surface area (TPSA) is 38.7 Å². The van der Waals surface area contributed by atoms with Crippen LogP contribution < -0.4 is 0 Å². The maximum Gasteiger partial charge on any atom is 0.164 e. The molecule has 0 unspecified atom stereocenters. The van der Waals surface area contributed by atoms with Crippen molar-refractivity contribution in [3.63, 3.8) is 0 Å². The molecule has 3 nitrogen and oxygen atoms in total. The van der Waals surface area contributed by atoms with Gasteiger partial charge in [0.15, 0.2) is 17.5 Å². The van der Waals surface area contributed by atoms with Crippen LogP contribution in [0, 0.1) is 0 Å². The minimum atomic E-state index is 0.636. The summed E-state index contributed by atoms with van der Waals surface area (Å²) in [6, 6.07) is 75.5. The van der Waals surface area contributed by atoms with E-state index in [1.54, 1.807) is 0 Å². The van der Waals surface area contributed by atoms with Crippen molar-refractivity contribution in [1.82, 2.24) is 15.0 Å². The van der Waals surface area contributed by atoms with E-state index < -0.39 is 0 Å². The van der Waals surface area contributed by atoms with Gasteiger partial charge >= 0.3 is 0 Å². The molecule has 11 rings (SSSR count). The molecule has 1 heterocycles. The molecule has 0 saturated carbocycles. The van der Waals surface area contributed by atoms with Crippen LogP contribution in [-0.2, 0) is 0 Å². The predicted octanol–water partition coefficient (Wildman–Crippen LogP) is 14.5. The molecule has 58 heavy (non-hydrogen) atoms. The quantitative estimate of drug-likeness (QED) is 0.160. The van der Waals surface area contributed by atoms with E-state index in [0.29, 0.717) is 17.5 Å². The Hall–Kier alpha value is -7.75. The smallest absolute Gasteiger partial charge is 0.164 e. The number of fused-ring (bicyclic) bond motifs is 4. The second-order valence-electron chi connectivity index (χ2n) is 14.8. The van der Waals surface area contributed by atoms with Gasteiger partial charge in [0.05, 0.1) is 0 Å². The molecule has 0 bridgehead atoms. The number of hydrogen-bond acceptors (Lipinski definition) is 3. The zero-order valence-electron chi connectivity index (χ0n) is 31.5. The summed E-state index contributed by atoms with van der Waals surface area (Å²) in [6.45, 7) is 0. The lowest BCUT2D eigenvalue weighted by Crippen LogP contribution is -2.00. The van der Waals surface area contributed by atoms with E-state index in [9.17, 15) is 0 Å². The maximum absolute atomic E-state index is 5.12. The van der Waals surface area contributed by atoms with Crippen molar-refractivity contribution >= 4 is 43.1 Å². The van der Waals surface area contributed by atoms with Gasteiger partial charge in [-0.25, -0.2) is 15.0 Å². The summed E-state index contributed by atoms with van der Waals surface area (Å²) in [6.07, 6.45) is 0.